The Morgan fingerprint density at radius 3 is 2.50 bits per heavy atom. The highest BCUT2D eigenvalue weighted by Crippen LogP contribution is 2.39. The fourth-order valence-corrected chi connectivity index (χ4v) is 2.67. The number of hydrogen-bond acceptors (Lipinski definition) is 6. The molecule has 1 atom stereocenters. The molecule has 0 fully saturated rings. The molecule has 0 amide bonds. The maximum absolute atomic E-state index is 12.7. The zero-order valence-corrected chi connectivity index (χ0v) is 12.3. The molecule has 114 valence electrons. The standard InChI is InChI=1S/C16H14O6/c1-7-4-9-13(16(19)22-7)15(18)12-10(14(9)17)5-8(20-2)6-11(12)21-3/h4-6,16,19H,1-3H3. The van der Waals surface area contributed by atoms with Crippen molar-refractivity contribution in [3.05, 3.63) is 46.2 Å². The van der Waals surface area contributed by atoms with Crippen molar-refractivity contribution >= 4 is 11.6 Å². The summed E-state index contributed by atoms with van der Waals surface area (Å²) in [5, 5.41) is 9.99. The summed E-state index contributed by atoms with van der Waals surface area (Å²) in [6.07, 6.45) is -0.00612. The van der Waals surface area contributed by atoms with E-state index in [1.165, 1.54) is 32.4 Å². The van der Waals surface area contributed by atoms with E-state index in [1.54, 1.807) is 6.92 Å². The average molecular weight is 302 g/mol. The fraction of sp³-hybridized carbons (Fsp3) is 0.250. The van der Waals surface area contributed by atoms with E-state index in [-0.39, 0.29) is 33.8 Å². The van der Waals surface area contributed by atoms with Crippen molar-refractivity contribution in [3.8, 4) is 11.5 Å². The van der Waals surface area contributed by atoms with Crippen LogP contribution in [0.25, 0.3) is 0 Å². The van der Waals surface area contributed by atoms with Gasteiger partial charge in [-0.05, 0) is 19.1 Å². The van der Waals surface area contributed by atoms with Crippen molar-refractivity contribution in [1.82, 2.24) is 0 Å². The third-order valence-corrected chi connectivity index (χ3v) is 3.67. The van der Waals surface area contributed by atoms with Gasteiger partial charge in [0.05, 0.1) is 31.1 Å². The lowest BCUT2D eigenvalue weighted by Gasteiger charge is -2.28. The number of ketones is 2. The van der Waals surface area contributed by atoms with E-state index in [0.29, 0.717) is 11.5 Å². The van der Waals surface area contributed by atoms with Crippen molar-refractivity contribution in [2.45, 2.75) is 13.2 Å². The molecule has 3 rings (SSSR count). The number of rotatable bonds is 2. The number of Topliss-reactive ketones (excluding diaryl/α,β-unsaturated/α-hetero) is 2. The molecule has 1 aliphatic carbocycles. The maximum atomic E-state index is 12.7. The molecule has 0 saturated heterocycles. The molecule has 0 bridgehead atoms. The summed E-state index contributed by atoms with van der Waals surface area (Å²) < 4.78 is 15.5. The van der Waals surface area contributed by atoms with Gasteiger partial charge in [0, 0.05) is 17.2 Å². The molecule has 1 aromatic rings. The predicted octanol–water partition coefficient (Wildman–Crippen LogP) is 1.63. The molecule has 1 N–H and O–H groups in total. The number of aliphatic hydroxyl groups is 1. The fourth-order valence-electron chi connectivity index (χ4n) is 2.67. The van der Waals surface area contributed by atoms with Crippen LogP contribution in [-0.2, 0) is 4.74 Å². The quantitative estimate of drug-likeness (QED) is 0.894. The second kappa shape index (κ2) is 4.99. The number of allylic oxidation sites excluding steroid dienone is 3. The molecule has 1 unspecified atom stereocenters. The van der Waals surface area contributed by atoms with Crippen LogP contribution in [0.4, 0.5) is 0 Å². The zero-order valence-electron chi connectivity index (χ0n) is 12.3. The van der Waals surface area contributed by atoms with Gasteiger partial charge in [-0.3, -0.25) is 9.59 Å². The number of benzene rings is 1. The number of methoxy groups -OCH3 is 2. The number of ether oxygens (including phenoxy) is 3. The Morgan fingerprint density at radius 1 is 1.14 bits per heavy atom. The van der Waals surface area contributed by atoms with Crippen LogP contribution >= 0.6 is 0 Å². The van der Waals surface area contributed by atoms with Gasteiger partial charge in [0.25, 0.3) is 0 Å². The summed E-state index contributed by atoms with van der Waals surface area (Å²) in [5.74, 6) is 0.140. The molecule has 1 heterocycles. The molecule has 22 heavy (non-hydrogen) atoms. The van der Waals surface area contributed by atoms with Gasteiger partial charge in [0.1, 0.15) is 11.5 Å². The molecule has 1 aliphatic heterocycles. The van der Waals surface area contributed by atoms with Crippen LogP contribution in [0.5, 0.6) is 11.5 Å². The second-order valence-electron chi connectivity index (χ2n) is 4.96. The Labute approximate surface area is 126 Å². The molecule has 2 aliphatic rings. The van der Waals surface area contributed by atoms with Crippen LogP contribution in [0.1, 0.15) is 27.6 Å². The van der Waals surface area contributed by atoms with E-state index >= 15 is 0 Å². The molecule has 0 saturated carbocycles. The highest BCUT2D eigenvalue weighted by atomic mass is 16.6. The van der Waals surface area contributed by atoms with Crippen molar-refractivity contribution in [3.63, 3.8) is 0 Å². The molecule has 1 aromatic carbocycles. The van der Waals surface area contributed by atoms with Crippen LogP contribution in [0.15, 0.2) is 35.1 Å². The van der Waals surface area contributed by atoms with Gasteiger partial charge in [0.2, 0.25) is 12.1 Å². The summed E-state index contributed by atoms with van der Waals surface area (Å²) in [7, 11) is 2.86. The zero-order chi connectivity index (χ0) is 16.0. The number of carbonyl (C=O) groups excluding carboxylic acids is 2. The van der Waals surface area contributed by atoms with Crippen LogP contribution in [0.2, 0.25) is 0 Å². The average Bonchev–Trinajstić information content (AvgIpc) is 2.50. The minimum atomic E-state index is -1.46. The predicted molar refractivity (Wildman–Crippen MR) is 76.1 cm³/mol. The highest BCUT2D eigenvalue weighted by molar-refractivity contribution is 6.29. The molecule has 6 nitrogen and oxygen atoms in total. The minimum Gasteiger partial charge on any atom is -0.497 e. The Morgan fingerprint density at radius 2 is 1.86 bits per heavy atom. The van der Waals surface area contributed by atoms with E-state index in [1.807, 2.05) is 0 Å². The number of hydrogen-bond donors (Lipinski definition) is 1. The highest BCUT2D eigenvalue weighted by Gasteiger charge is 2.40. The smallest absolute Gasteiger partial charge is 0.228 e. The van der Waals surface area contributed by atoms with Crippen molar-refractivity contribution in [2.24, 2.45) is 0 Å². The third-order valence-electron chi connectivity index (χ3n) is 3.67. The lowest BCUT2D eigenvalue weighted by atomic mass is 9.82. The van der Waals surface area contributed by atoms with E-state index in [2.05, 4.69) is 0 Å². The van der Waals surface area contributed by atoms with E-state index in [9.17, 15) is 14.7 Å². The van der Waals surface area contributed by atoms with Gasteiger partial charge in [0.15, 0.2) is 5.78 Å². The molecular weight excluding hydrogens is 288 g/mol. The van der Waals surface area contributed by atoms with E-state index in [0.717, 1.165) is 0 Å². The normalized spacial score (nSPS) is 20.0. The van der Waals surface area contributed by atoms with Crippen LogP contribution < -0.4 is 9.47 Å². The maximum Gasteiger partial charge on any atom is 0.228 e. The van der Waals surface area contributed by atoms with Crippen LogP contribution in [0.3, 0.4) is 0 Å². The first-order valence-electron chi connectivity index (χ1n) is 6.60. The largest absolute Gasteiger partial charge is 0.497 e. The van der Waals surface area contributed by atoms with Gasteiger partial charge in [-0.15, -0.1) is 0 Å². The molecule has 6 heteroatoms. The van der Waals surface area contributed by atoms with Gasteiger partial charge >= 0.3 is 0 Å². The molecule has 0 radical (unpaired) electrons. The molecule has 0 spiro atoms. The SMILES string of the molecule is COc1cc(OC)c2c(c1)C(=O)C1=C(C2=O)C(O)OC(C)=C1. The second-order valence-corrected chi connectivity index (χ2v) is 4.96. The van der Waals surface area contributed by atoms with Gasteiger partial charge in [-0.1, -0.05) is 0 Å². The Balaban J connectivity index is 2.28. The number of carbonyl (C=O) groups is 2. The third kappa shape index (κ3) is 1.92. The van der Waals surface area contributed by atoms with E-state index < -0.39 is 12.1 Å². The summed E-state index contributed by atoms with van der Waals surface area (Å²) in [6, 6.07) is 3.01. The molecular formula is C16H14O6. The van der Waals surface area contributed by atoms with Crippen LogP contribution in [0, 0.1) is 0 Å². The number of aliphatic hydroxyl groups excluding tert-OH is 1. The lowest BCUT2D eigenvalue weighted by Crippen LogP contribution is -2.32. The minimum absolute atomic E-state index is 0.0634. The monoisotopic (exact) mass is 302 g/mol. The number of fused-ring (bicyclic) bond motifs is 1. The van der Waals surface area contributed by atoms with Crippen LogP contribution in [-0.4, -0.2) is 37.2 Å². The summed E-state index contributed by atoms with van der Waals surface area (Å²) in [5.41, 5.74) is 0.386. The van der Waals surface area contributed by atoms with Gasteiger partial charge < -0.3 is 19.3 Å². The van der Waals surface area contributed by atoms with E-state index in [4.69, 9.17) is 14.2 Å². The van der Waals surface area contributed by atoms with Gasteiger partial charge in [-0.25, -0.2) is 0 Å². The summed E-state index contributed by atoms with van der Waals surface area (Å²) in [4.78, 5) is 25.4. The van der Waals surface area contributed by atoms with Gasteiger partial charge in [-0.2, -0.15) is 0 Å². The Bertz CT molecular complexity index is 756. The first-order valence-corrected chi connectivity index (χ1v) is 6.60. The summed E-state index contributed by atoms with van der Waals surface area (Å²) in [6.45, 7) is 1.60. The summed E-state index contributed by atoms with van der Waals surface area (Å²) >= 11 is 0. The lowest BCUT2D eigenvalue weighted by molar-refractivity contribution is -0.0374. The first kappa shape index (κ1) is 14.3. The Kier molecular flexibility index (Phi) is 3.26. The molecule has 0 aromatic heterocycles. The topological polar surface area (TPSA) is 82.1 Å². The first-order chi connectivity index (χ1) is 10.5. The van der Waals surface area contributed by atoms with Crippen molar-refractivity contribution in [1.29, 1.82) is 0 Å². The Hall–Kier alpha value is -2.60. The van der Waals surface area contributed by atoms with Crippen molar-refractivity contribution in [2.75, 3.05) is 14.2 Å². The van der Waals surface area contributed by atoms with Crippen molar-refractivity contribution < 1.29 is 28.9 Å².